The van der Waals surface area contributed by atoms with Gasteiger partial charge in [0, 0.05) is 39.0 Å². The summed E-state index contributed by atoms with van der Waals surface area (Å²) < 4.78 is 7.89. The van der Waals surface area contributed by atoms with E-state index in [0.29, 0.717) is 5.92 Å². The van der Waals surface area contributed by atoms with Crippen molar-refractivity contribution in [3.8, 4) is 5.75 Å². The molecule has 2 N–H and O–H groups in total. The van der Waals surface area contributed by atoms with E-state index in [9.17, 15) is 0 Å². The fourth-order valence-electron chi connectivity index (χ4n) is 2.86. The highest BCUT2D eigenvalue weighted by Gasteiger charge is 2.22. The number of para-hydroxylation sites is 1. The monoisotopic (exact) mass is 327 g/mol. The predicted octanol–water partition coefficient (Wildman–Crippen LogP) is 1.69. The van der Waals surface area contributed by atoms with Crippen molar-refractivity contribution in [1.82, 2.24) is 20.4 Å². The van der Waals surface area contributed by atoms with E-state index in [1.54, 1.807) is 13.2 Å². The Balaban J connectivity index is 1.40. The summed E-state index contributed by atoms with van der Waals surface area (Å²) in [6.45, 7) is 4.66. The number of aromatic nitrogens is 2. The Kier molecular flexibility index (Phi) is 5.36. The van der Waals surface area contributed by atoms with Crippen molar-refractivity contribution in [2.75, 3.05) is 20.1 Å². The van der Waals surface area contributed by atoms with Crippen LogP contribution in [0.25, 0.3) is 0 Å². The van der Waals surface area contributed by atoms with Crippen LogP contribution in [0.4, 0.5) is 0 Å². The average Bonchev–Trinajstić information content (AvgIpc) is 3.23. The summed E-state index contributed by atoms with van der Waals surface area (Å²) >= 11 is 0. The first kappa shape index (κ1) is 16.4. The maximum atomic E-state index is 5.94. The molecule has 0 amide bonds. The van der Waals surface area contributed by atoms with E-state index in [1.165, 1.54) is 5.56 Å². The fraction of sp³-hybridized carbons (Fsp3) is 0.444. The lowest BCUT2D eigenvalue weighted by molar-refractivity contribution is 0.235. The minimum absolute atomic E-state index is 0.155. The van der Waals surface area contributed by atoms with Gasteiger partial charge in [-0.25, -0.2) is 0 Å². The van der Waals surface area contributed by atoms with Crippen LogP contribution in [0.2, 0.25) is 0 Å². The first-order chi connectivity index (χ1) is 11.7. The predicted molar refractivity (Wildman–Crippen MR) is 95.3 cm³/mol. The van der Waals surface area contributed by atoms with Crippen molar-refractivity contribution in [2.24, 2.45) is 10.9 Å². The van der Waals surface area contributed by atoms with Gasteiger partial charge in [-0.2, -0.15) is 5.10 Å². The largest absolute Gasteiger partial charge is 0.488 e. The summed E-state index contributed by atoms with van der Waals surface area (Å²) in [5.74, 6) is 2.26. The van der Waals surface area contributed by atoms with Gasteiger partial charge < -0.3 is 15.4 Å². The van der Waals surface area contributed by atoms with Gasteiger partial charge in [0.1, 0.15) is 11.9 Å². The number of ether oxygens (including phenoxy) is 1. The molecule has 0 aliphatic carbocycles. The average molecular weight is 327 g/mol. The van der Waals surface area contributed by atoms with Crippen LogP contribution in [0.5, 0.6) is 5.75 Å². The molecular formula is C18H25N5O. The van der Waals surface area contributed by atoms with Gasteiger partial charge in [-0.15, -0.1) is 0 Å². The zero-order valence-electron chi connectivity index (χ0n) is 14.3. The summed E-state index contributed by atoms with van der Waals surface area (Å²) in [6.07, 6.45) is 4.89. The summed E-state index contributed by atoms with van der Waals surface area (Å²) in [7, 11) is 1.79. The SMILES string of the molecule is CN=C(NCC(C)Cn1cccn1)NCC1Cc2ccccc2O1. The van der Waals surface area contributed by atoms with Gasteiger partial charge in [0.05, 0.1) is 6.54 Å². The lowest BCUT2D eigenvalue weighted by Gasteiger charge is -2.18. The number of guanidine groups is 1. The number of nitrogens with zero attached hydrogens (tertiary/aromatic N) is 3. The molecule has 1 aromatic heterocycles. The maximum absolute atomic E-state index is 5.94. The van der Waals surface area contributed by atoms with Gasteiger partial charge in [-0.3, -0.25) is 9.67 Å². The second-order valence-electron chi connectivity index (χ2n) is 6.22. The number of aliphatic imine (C=N–C) groups is 1. The number of hydrogen-bond acceptors (Lipinski definition) is 3. The molecule has 2 heterocycles. The van der Waals surface area contributed by atoms with Gasteiger partial charge in [-0.05, 0) is 23.6 Å². The van der Waals surface area contributed by atoms with Crippen molar-refractivity contribution in [1.29, 1.82) is 0 Å². The molecular weight excluding hydrogens is 302 g/mol. The van der Waals surface area contributed by atoms with Crippen molar-refractivity contribution in [3.05, 3.63) is 48.3 Å². The molecule has 0 bridgehead atoms. The van der Waals surface area contributed by atoms with Crippen LogP contribution in [-0.2, 0) is 13.0 Å². The molecule has 0 saturated carbocycles. The number of nitrogens with one attached hydrogen (secondary N) is 2. The molecule has 0 saturated heterocycles. The zero-order chi connectivity index (χ0) is 16.8. The molecule has 0 radical (unpaired) electrons. The number of fused-ring (bicyclic) bond motifs is 1. The molecule has 1 aliphatic rings. The molecule has 6 heteroatoms. The fourth-order valence-corrected chi connectivity index (χ4v) is 2.86. The van der Waals surface area contributed by atoms with Gasteiger partial charge in [-0.1, -0.05) is 25.1 Å². The van der Waals surface area contributed by atoms with E-state index in [2.05, 4.69) is 39.8 Å². The van der Waals surface area contributed by atoms with E-state index >= 15 is 0 Å². The smallest absolute Gasteiger partial charge is 0.191 e. The normalized spacial score (nSPS) is 17.9. The molecule has 0 fully saturated rings. The van der Waals surface area contributed by atoms with E-state index < -0.39 is 0 Å². The number of rotatable bonds is 6. The summed E-state index contributed by atoms with van der Waals surface area (Å²) in [5.41, 5.74) is 1.28. The van der Waals surface area contributed by atoms with Crippen LogP contribution >= 0.6 is 0 Å². The molecule has 2 atom stereocenters. The molecule has 1 aliphatic heterocycles. The summed E-state index contributed by atoms with van der Waals surface area (Å²) in [4.78, 5) is 4.28. The van der Waals surface area contributed by atoms with Gasteiger partial charge in [0.2, 0.25) is 0 Å². The van der Waals surface area contributed by atoms with Gasteiger partial charge in [0.15, 0.2) is 5.96 Å². The first-order valence-electron chi connectivity index (χ1n) is 8.41. The summed E-state index contributed by atoms with van der Waals surface area (Å²) in [6, 6.07) is 10.2. The van der Waals surface area contributed by atoms with Gasteiger partial charge in [0.25, 0.3) is 0 Å². The number of benzene rings is 1. The van der Waals surface area contributed by atoms with Crippen LogP contribution in [0.1, 0.15) is 12.5 Å². The third-order valence-corrected chi connectivity index (χ3v) is 4.11. The van der Waals surface area contributed by atoms with E-state index in [-0.39, 0.29) is 6.10 Å². The third kappa shape index (κ3) is 4.28. The molecule has 128 valence electrons. The lowest BCUT2D eigenvalue weighted by Crippen LogP contribution is -2.43. The van der Waals surface area contributed by atoms with Gasteiger partial charge >= 0.3 is 0 Å². The van der Waals surface area contributed by atoms with Crippen molar-refractivity contribution < 1.29 is 4.74 Å². The third-order valence-electron chi connectivity index (χ3n) is 4.11. The van der Waals surface area contributed by atoms with Crippen molar-refractivity contribution in [3.63, 3.8) is 0 Å². The highest BCUT2D eigenvalue weighted by Crippen LogP contribution is 2.27. The Bertz CT molecular complexity index is 643. The molecule has 3 rings (SSSR count). The minimum Gasteiger partial charge on any atom is -0.488 e. The number of hydrogen-bond donors (Lipinski definition) is 2. The minimum atomic E-state index is 0.155. The summed E-state index contributed by atoms with van der Waals surface area (Å²) in [5, 5.41) is 11.0. The standard InChI is InChI=1S/C18H25N5O/c1-14(13-23-9-5-8-22-23)11-20-18(19-2)21-12-16-10-15-6-3-4-7-17(15)24-16/h3-9,14,16H,10-13H2,1-2H3,(H2,19,20,21). The molecule has 1 aromatic carbocycles. The van der Waals surface area contributed by atoms with E-state index in [0.717, 1.165) is 37.8 Å². The lowest BCUT2D eigenvalue weighted by atomic mass is 10.1. The first-order valence-corrected chi connectivity index (χ1v) is 8.41. The van der Waals surface area contributed by atoms with Crippen LogP contribution in [0, 0.1) is 5.92 Å². The highest BCUT2D eigenvalue weighted by molar-refractivity contribution is 5.79. The molecule has 2 unspecified atom stereocenters. The second-order valence-corrected chi connectivity index (χ2v) is 6.22. The van der Waals surface area contributed by atoms with Crippen molar-refractivity contribution >= 4 is 5.96 Å². The molecule has 24 heavy (non-hydrogen) atoms. The van der Waals surface area contributed by atoms with Crippen LogP contribution in [-0.4, -0.2) is 42.0 Å². The second kappa shape index (κ2) is 7.86. The highest BCUT2D eigenvalue weighted by atomic mass is 16.5. The molecule has 0 spiro atoms. The Morgan fingerprint density at radius 3 is 3.00 bits per heavy atom. The maximum Gasteiger partial charge on any atom is 0.191 e. The van der Waals surface area contributed by atoms with Crippen LogP contribution in [0.3, 0.4) is 0 Å². The Morgan fingerprint density at radius 2 is 2.25 bits per heavy atom. The molecule has 6 nitrogen and oxygen atoms in total. The van der Waals surface area contributed by atoms with Crippen LogP contribution < -0.4 is 15.4 Å². The van der Waals surface area contributed by atoms with Crippen LogP contribution in [0.15, 0.2) is 47.7 Å². The van der Waals surface area contributed by atoms with E-state index in [4.69, 9.17) is 4.74 Å². The topological polar surface area (TPSA) is 63.5 Å². The molecule has 2 aromatic rings. The Labute approximate surface area is 142 Å². The quantitative estimate of drug-likeness (QED) is 0.626. The van der Waals surface area contributed by atoms with Crippen molar-refractivity contribution in [2.45, 2.75) is 26.0 Å². The zero-order valence-corrected chi connectivity index (χ0v) is 14.3. The van der Waals surface area contributed by atoms with E-state index in [1.807, 2.05) is 29.1 Å². The Morgan fingerprint density at radius 1 is 1.38 bits per heavy atom. The Hall–Kier alpha value is -2.50.